The minimum Gasteiger partial charge on any atom is -0.492 e. The van der Waals surface area contributed by atoms with Crippen molar-refractivity contribution in [2.45, 2.75) is 32.1 Å². The molecule has 2 rings (SSSR count). The normalized spacial score (nSPS) is 14.4. The van der Waals surface area contributed by atoms with Crippen LogP contribution in [0.3, 0.4) is 0 Å². The fourth-order valence-corrected chi connectivity index (χ4v) is 3.23. The van der Waals surface area contributed by atoms with Gasteiger partial charge in [-0.15, -0.1) is 24.0 Å². The third-order valence-electron chi connectivity index (χ3n) is 4.69. The lowest BCUT2D eigenvalue weighted by molar-refractivity contribution is -0.121. The number of hydrogen-bond donors (Lipinski definition) is 2. The molecule has 152 valence electrons. The molecule has 1 aliphatic carbocycles. The Balaban J connectivity index is 0.00000364. The van der Waals surface area contributed by atoms with Gasteiger partial charge in [0.2, 0.25) is 5.91 Å². The second-order valence-electron chi connectivity index (χ2n) is 6.76. The van der Waals surface area contributed by atoms with Crippen molar-refractivity contribution in [1.29, 1.82) is 0 Å². The summed E-state index contributed by atoms with van der Waals surface area (Å²) in [6.45, 7) is 2.58. The Morgan fingerprint density at radius 3 is 2.52 bits per heavy atom. The number of likely N-dealkylation sites (N-methyl/N-ethyl adjacent to an activating group) is 1. The number of carbonyl (C=O) groups is 1. The first-order valence-electron chi connectivity index (χ1n) is 9.55. The molecule has 0 atom stereocenters. The van der Waals surface area contributed by atoms with Gasteiger partial charge >= 0.3 is 0 Å². The van der Waals surface area contributed by atoms with Crippen LogP contribution in [-0.4, -0.2) is 57.1 Å². The first-order valence-corrected chi connectivity index (χ1v) is 9.55. The summed E-state index contributed by atoms with van der Waals surface area (Å²) in [7, 11) is 3.73. The summed E-state index contributed by atoms with van der Waals surface area (Å²) in [5, 5.41) is 6.27. The molecule has 0 aliphatic heterocycles. The Hall–Kier alpha value is -1.51. The van der Waals surface area contributed by atoms with Crippen molar-refractivity contribution in [1.82, 2.24) is 15.5 Å². The molecule has 7 heteroatoms. The minimum absolute atomic E-state index is 0. The van der Waals surface area contributed by atoms with E-state index in [1.54, 1.807) is 7.05 Å². The zero-order valence-corrected chi connectivity index (χ0v) is 18.8. The Morgan fingerprint density at radius 1 is 1.19 bits per heavy atom. The zero-order chi connectivity index (χ0) is 18.6. The lowest BCUT2D eigenvalue weighted by Gasteiger charge is -2.22. The number of hydrogen-bond acceptors (Lipinski definition) is 3. The molecule has 0 bridgehead atoms. The van der Waals surface area contributed by atoms with Gasteiger partial charge in [-0.25, -0.2) is 0 Å². The smallest absolute Gasteiger partial charge is 0.220 e. The summed E-state index contributed by atoms with van der Waals surface area (Å²) in [4.78, 5) is 18.2. The van der Waals surface area contributed by atoms with E-state index in [1.807, 2.05) is 42.3 Å². The number of nitrogens with zero attached hydrogens (tertiary/aromatic N) is 2. The second kappa shape index (κ2) is 13.6. The predicted octanol–water partition coefficient (Wildman–Crippen LogP) is 2.89. The van der Waals surface area contributed by atoms with Gasteiger partial charge in [-0.05, 0) is 30.9 Å². The maximum Gasteiger partial charge on any atom is 0.220 e. The number of amides is 1. The minimum atomic E-state index is 0. The fraction of sp³-hybridized carbons (Fsp3) is 0.600. The molecule has 1 amide bonds. The molecule has 1 aromatic carbocycles. The van der Waals surface area contributed by atoms with Crippen molar-refractivity contribution in [3.63, 3.8) is 0 Å². The van der Waals surface area contributed by atoms with E-state index >= 15 is 0 Å². The van der Waals surface area contributed by atoms with E-state index in [0.717, 1.165) is 18.3 Å². The van der Waals surface area contributed by atoms with Crippen LogP contribution in [0.2, 0.25) is 0 Å². The van der Waals surface area contributed by atoms with Crippen LogP contribution < -0.4 is 15.4 Å². The Bertz CT molecular complexity index is 562. The monoisotopic (exact) mass is 488 g/mol. The highest BCUT2D eigenvalue weighted by molar-refractivity contribution is 14.0. The molecule has 1 fully saturated rings. The molecule has 1 aliphatic rings. The third-order valence-corrected chi connectivity index (χ3v) is 4.69. The molecule has 1 saturated carbocycles. The maximum atomic E-state index is 11.9. The zero-order valence-electron chi connectivity index (χ0n) is 16.4. The standard InChI is InChI=1S/C20H32N4O2.HI/c1-21-20(24(2)14-15-26-18-10-4-3-5-11-18)23-13-12-22-19(25)16-17-8-6-7-9-17;/h3-5,10-11,17H,6-9,12-16H2,1-2H3,(H,21,23)(H,22,25);1H. The van der Waals surface area contributed by atoms with Gasteiger partial charge in [0.25, 0.3) is 0 Å². The number of guanidine groups is 1. The van der Waals surface area contributed by atoms with E-state index in [0.29, 0.717) is 32.0 Å². The van der Waals surface area contributed by atoms with Crippen LogP contribution in [0.5, 0.6) is 5.75 Å². The number of carbonyl (C=O) groups excluding carboxylic acids is 1. The molecule has 0 radical (unpaired) electrons. The first-order chi connectivity index (χ1) is 12.7. The van der Waals surface area contributed by atoms with Gasteiger partial charge < -0.3 is 20.3 Å². The summed E-state index contributed by atoms with van der Waals surface area (Å²) in [5.74, 6) is 2.42. The molecular formula is C20H33IN4O2. The SMILES string of the molecule is CN=C(NCCNC(=O)CC1CCCC1)N(C)CCOc1ccccc1.I. The molecule has 2 N–H and O–H groups in total. The van der Waals surface area contributed by atoms with Crippen molar-refractivity contribution < 1.29 is 9.53 Å². The van der Waals surface area contributed by atoms with Gasteiger partial charge in [-0.3, -0.25) is 9.79 Å². The number of nitrogens with one attached hydrogen (secondary N) is 2. The van der Waals surface area contributed by atoms with E-state index in [1.165, 1.54) is 25.7 Å². The lowest BCUT2D eigenvalue weighted by Crippen LogP contribution is -2.43. The topological polar surface area (TPSA) is 66.0 Å². The molecule has 0 unspecified atom stereocenters. The highest BCUT2D eigenvalue weighted by atomic mass is 127. The Morgan fingerprint density at radius 2 is 1.85 bits per heavy atom. The quantitative estimate of drug-likeness (QED) is 0.243. The Kier molecular flexibility index (Phi) is 11.9. The van der Waals surface area contributed by atoms with E-state index < -0.39 is 0 Å². The van der Waals surface area contributed by atoms with Gasteiger partial charge in [-0.2, -0.15) is 0 Å². The number of halogens is 1. The van der Waals surface area contributed by atoms with Crippen LogP contribution in [0.25, 0.3) is 0 Å². The fourth-order valence-electron chi connectivity index (χ4n) is 3.23. The molecule has 27 heavy (non-hydrogen) atoms. The van der Waals surface area contributed by atoms with Gasteiger partial charge in [0.1, 0.15) is 12.4 Å². The molecule has 6 nitrogen and oxygen atoms in total. The molecule has 1 aromatic rings. The molecular weight excluding hydrogens is 455 g/mol. The summed E-state index contributed by atoms with van der Waals surface area (Å²) in [5.41, 5.74) is 0. The van der Waals surface area contributed by atoms with Crippen molar-refractivity contribution in [2.75, 3.05) is 40.3 Å². The van der Waals surface area contributed by atoms with E-state index in [4.69, 9.17) is 4.74 Å². The van der Waals surface area contributed by atoms with Gasteiger partial charge in [0.05, 0.1) is 6.54 Å². The highest BCUT2D eigenvalue weighted by Crippen LogP contribution is 2.27. The summed E-state index contributed by atoms with van der Waals surface area (Å²) in [6.07, 6.45) is 5.63. The van der Waals surface area contributed by atoms with Crippen LogP contribution in [0.4, 0.5) is 0 Å². The number of aliphatic imine (C=N–C) groups is 1. The molecule has 0 saturated heterocycles. The second-order valence-corrected chi connectivity index (χ2v) is 6.76. The summed E-state index contributed by atoms with van der Waals surface area (Å²) in [6, 6.07) is 9.78. The lowest BCUT2D eigenvalue weighted by atomic mass is 10.0. The highest BCUT2D eigenvalue weighted by Gasteiger charge is 2.18. The van der Waals surface area contributed by atoms with Crippen molar-refractivity contribution in [3.05, 3.63) is 30.3 Å². The molecule has 0 spiro atoms. The van der Waals surface area contributed by atoms with Crippen molar-refractivity contribution in [2.24, 2.45) is 10.9 Å². The third kappa shape index (κ3) is 9.30. The average molecular weight is 488 g/mol. The van der Waals surface area contributed by atoms with E-state index in [2.05, 4.69) is 15.6 Å². The largest absolute Gasteiger partial charge is 0.492 e. The van der Waals surface area contributed by atoms with Crippen molar-refractivity contribution >= 4 is 35.8 Å². The van der Waals surface area contributed by atoms with Gasteiger partial charge in [0.15, 0.2) is 5.96 Å². The number of benzene rings is 1. The van der Waals surface area contributed by atoms with Gasteiger partial charge in [-0.1, -0.05) is 31.0 Å². The average Bonchev–Trinajstić information content (AvgIpc) is 3.15. The molecule has 0 aromatic heterocycles. The van der Waals surface area contributed by atoms with E-state index in [-0.39, 0.29) is 29.9 Å². The van der Waals surface area contributed by atoms with Crippen LogP contribution >= 0.6 is 24.0 Å². The van der Waals surface area contributed by atoms with Gasteiger partial charge in [0, 0.05) is 33.6 Å². The first kappa shape index (κ1) is 23.5. The number of rotatable bonds is 9. The molecule has 0 heterocycles. The number of para-hydroxylation sites is 1. The van der Waals surface area contributed by atoms with Crippen LogP contribution in [0, 0.1) is 5.92 Å². The van der Waals surface area contributed by atoms with Crippen LogP contribution in [0.1, 0.15) is 32.1 Å². The van der Waals surface area contributed by atoms with E-state index in [9.17, 15) is 4.79 Å². The summed E-state index contributed by atoms with van der Waals surface area (Å²) >= 11 is 0. The van der Waals surface area contributed by atoms with Crippen LogP contribution in [0.15, 0.2) is 35.3 Å². The van der Waals surface area contributed by atoms with Crippen LogP contribution in [-0.2, 0) is 4.79 Å². The Labute approximate surface area is 180 Å². The van der Waals surface area contributed by atoms with Crippen molar-refractivity contribution in [3.8, 4) is 5.75 Å². The predicted molar refractivity (Wildman–Crippen MR) is 121 cm³/mol. The maximum absolute atomic E-state index is 11.9. The summed E-state index contributed by atoms with van der Waals surface area (Å²) < 4.78 is 5.71. The number of ether oxygens (including phenoxy) is 1.